The molecule has 0 spiro atoms. The Morgan fingerprint density at radius 2 is 1.88 bits per heavy atom. The van der Waals surface area contributed by atoms with Crippen molar-refractivity contribution in [3.63, 3.8) is 0 Å². The number of non-ortho nitro benzene ring substituents is 1. The summed E-state index contributed by atoms with van der Waals surface area (Å²) in [5.41, 5.74) is 1.33. The molecule has 2 amide bonds. The van der Waals surface area contributed by atoms with Crippen LogP contribution in [0.2, 0.25) is 0 Å². The zero-order chi connectivity index (χ0) is 24.5. The lowest BCUT2D eigenvalue weighted by Gasteiger charge is -2.56. The van der Waals surface area contributed by atoms with Gasteiger partial charge in [-0.2, -0.15) is 0 Å². The van der Waals surface area contributed by atoms with E-state index in [0.717, 1.165) is 5.56 Å². The molecule has 1 N–H and O–H groups in total. The minimum Gasteiger partial charge on any atom is -0.459 e. The van der Waals surface area contributed by atoms with Gasteiger partial charge in [0.2, 0.25) is 11.8 Å². The predicted molar refractivity (Wildman–Crippen MR) is 126 cm³/mol. The molecule has 0 saturated carbocycles. The summed E-state index contributed by atoms with van der Waals surface area (Å²) >= 11 is 8.02. The molecule has 2 saturated heterocycles. The molecule has 2 heterocycles. The molecule has 4 atom stereocenters. The molecule has 0 aliphatic carbocycles. The van der Waals surface area contributed by atoms with Crippen molar-refractivity contribution in [3.8, 4) is 0 Å². The maximum atomic E-state index is 13.0. The summed E-state index contributed by atoms with van der Waals surface area (Å²) in [6.45, 7) is 1.56. The summed E-state index contributed by atoms with van der Waals surface area (Å²) in [6, 6.07) is 13.1. The van der Waals surface area contributed by atoms with Crippen LogP contribution < -0.4 is 5.32 Å². The summed E-state index contributed by atoms with van der Waals surface area (Å²) in [5.74, 6) is -0.946. The summed E-state index contributed by atoms with van der Waals surface area (Å²) < 4.78 is 5.42. The summed E-state index contributed by atoms with van der Waals surface area (Å²) in [6.07, 6.45) is 0.149. The van der Waals surface area contributed by atoms with Crippen LogP contribution in [-0.4, -0.2) is 55.7 Å². The van der Waals surface area contributed by atoms with E-state index >= 15 is 0 Å². The number of hydrogen-bond donors (Lipinski definition) is 1. The van der Waals surface area contributed by atoms with E-state index in [2.05, 4.69) is 5.32 Å². The number of β-lactam (4-membered cyclic amide) rings is 1. The third kappa shape index (κ3) is 4.88. The van der Waals surface area contributed by atoms with Crippen LogP contribution in [0.15, 0.2) is 54.6 Å². The van der Waals surface area contributed by atoms with E-state index in [1.165, 1.54) is 40.9 Å². The van der Waals surface area contributed by atoms with Crippen molar-refractivity contribution in [1.82, 2.24) is 10.2 Å². The van der Waals surface area contributed by atoms with E-state index in [1.807, 2.05) is 30.3 Å². The Bertz CT molecular complexity index is 1110. The Morgan fingerprint density at radius 3 is 2.53 bits per heavy atom. The highest BCUT2D eigenvalue weighted by atomic mass is 35.5. The molecular weight excluding hydrogens is 482 g/mol. The van der Waals surface area contributed by atoms with Crippen molar-refractivity contribution in [1.29, 1.82) is 0 Å². The second-order valence-electron chi connectivity index (χ2n) is 8.37. The Kier molecular flexibility index (Phi) is 6.81. The molecule has 11 heteroatoms. The molecule has 2 fully saturated rings. The predicted octanol–water partition coefficient (Wildman–Crippen LogP) is 2.65. The van der Waals surface area contributed by atoms with Crippen LogP contribution in [0.5, 0.6) is 0 Å². The fourth-order valence-corrected chi connectivity index (χ4v) is 5.80. The number of fused-ring (bicyclic) bond motifs is 1. The first-order chi connectivity index (χ1) is 16.2. The van der Waals surface area contributed by atoms with Crippen molar-refractivity contribution in [2.75, 3.05) is 5.75 Å². The number of halogens is 1. The molecule has 0 radical (unpaired) electrons. The molecule has 4 rings (SSSR count). The maximum Gasteiger partial charge on any atom is 0.331 e. The van der Waals surface area contributed by atoms with E-state index in [0.29, 0.717) is 11.3 Å². The standard InChI is InChI=1S/C23H22ClN3O6S/c1-23(24)13-34-21-18(25-17(28)11-14-5-3-2-4-6-14)20(29)26(21)19(23)22(30)33-12-15-7-9-16(10-8-15)27(31)32/h2-10,18-19,21H,11-13H2,1H3,(H,25,28)/t18-,19+,21-,23-/m1/s1. The molecule has 2 aromatic carbocycles. The smallest absolute Gasteiger partial charge is 0.331 e. The van der Waals surface area contributed by atoms with E-state index in [1.54, 1.807) is 6.92 Å². The molecule has 2 aromatic rings. The fraction of sp³-hybridized carbons (Fsp3) is 0.348. The van der Waals surface area contributed by atoms with E-state index in [-0.39, 0.29) is 30.5 Å². The van der Waals surface area contributed by atoms with Crippen LogP contribution in [0, 0.1) is 10.1 Å². The number of esters is 1. The van der Waals surface area contributed by atoms with Crippen LogP contribution in [0.4, 0.5) is 5.69 Å². The van der Waals surface area contributed by atoms with Crippen LogP contribution in [0.1, 0.15) is 18.1 Å². The molecule has 9 nitrogen and oxygen atoms in total. The molecule has 178 valence electrons. The first-order valence-electron chi connectivity index (χ1n) is 10.5. The topological polar surface area (TPSA) is 119 Å². The molecule has 0 unspecified atom stereocenters. The highest BCUT2D eigenvalue weighted by Gasteiger charge is 2.61. The third-order valence-electron chi connectivity index (χ3n) is 5.74. The largest absolute Gasteiger partial charge is 0.459 e. The lowest BCUT2D eigenvalue weighted by atomic mass is 9.94. The highest BCUT2D eigenvalue weighted by Crippen LogP contribution is 2.45. The lowest BCUT2D eigenvalue weighted by Crippen LogP contribution is -2.78. The molecule has 0 aromatic heterocycles. The molecule has 2 aliphatic heterocycles. The van der Waals surface area contributed by atoms with E-state index < -0.39 is 33.2 Å². The first-order valence-corrected chi connectivity index (χ1v) is 12.0. The Labute approximate surface area is 204 Å². The Balaban J connectivity index is 1.39. The normalized spacial score (nSPS) is 25.6. The third-order valence-corrected chi connectivity index (χ3v) is 7.85. The van der Waals surface area contributed by atoms with Crippen LogP contribution >= 0.6 is 23.4 Å². The highest BCUT2D eigenvalue weighted by molar-refractivity contribution is 8.00. The average molecular weight is 504 g/mol. The van der Waals surface area contributed by atoms with Crippen molar-refractivity contribution in [2.24, 2.45) is 0 Å². The molecular formula is C23H22ClN3O6S. The van der Waals surface area contributed by atoms with Crippen molar-refractivity contribution < 1.29 is 24.0 Å². The van der Waals surface area contributed by atoms with Gasteiger partial charge in [0.25, 0.3) is 5.69 Å². The van der Waals surface area contributed by atoms with Crippen LogP contribution in [0.25, 0.3) is 0 Å². The summed E-state index contributed by atoms with van der Waals surface area (Å²) in [4.78, 5) is 48.9. The molecule has 34 heavy (non-hydrogen) atoms. The van der Waals surface area contributed by atoms with Gasteiger partial charge < -0.3 is 15.0 Å². The number of benzene rings is 2. The summed E-state index contributed by atoms with van der Waals surface area (Å²) in [5, 5.41) is 13.1. The lowest BCUT2D eigenvalue weighted by molar-refractivity contribution is -0.384. The van der Waals surface area contributed by atoms with Crippen molar-refractivity contribution in [3.05, 3.63) is 75.8 Å². The van der Waals surface area contributed by atoms with Gasteiger partial charge in [0, 0.05) is 17.9 Å². The second kappa shape index (κ2) is 9.63. The minimum absolute atomic E-state index is 0.0675. The number of alkyl halides is 1. The van der Waals surface area contributed by atoms with Gasteiger partial charge in [0.15, 0.2) is 6.04 Å². The Hall–Kier alpha value is -3.11. The minimum atomic E-state index is -1.05. The first kappa shape index (κ1) is 24.0. The van der Waals surface area contributed by atoms with Gasteiger partial charge >= 0.3 is 5.97 Å². The van der Waals surface area contributed by atoms with Gasteiger partial charge in [-0.1, -0.05) is 30.3 Å². The van der Waals surface area contributed by atoms with Crippen molar-refractivity contribution >= 4 is 46.8 Å². The van der Waals surface area contributed by atoms with Gasteiger partial charge in [-0.05, 0) is 30.2 Å². The van der Waals surface area contributed by atoms with Gasteiger partial charge in [-0.25, -0.2) is 4.79 Å². The van der Waals surface area contributed by atoms with E-state index in [4.69, 9.17) is 16.3 Å². The van der Waals surface area contributed by atoms with E-state index in [9.17, 15) is 24.5 Å². The number of nitro groups is 1. The number of amides is 2. The number of nitrogens with one attached hydrogen (secondary N) is 1. The quantitative estimate of drug-likeness (QED) is 0.203. The molecule has 2 aliphatic rings. The van der Waals surface area contributed by atoms with Crippen LogP contribution in [-0.2, 0) is 32.1 Å². The number of hydrogen-bond acceptors (Lipinski definition) is 7. The Morgan fingerprint density at radius 1 is 1.21 bits per heavy atom. The number of ether oxygens (including phenoxy) is 1. The monoisotopic (exact) mass is 503 g/mol. The fourth-order valence-electron chi connectivity index (χ4n) is 4.00. The zero-order valence-electron chi connectivity index (χ0n) is 18.2. The molecule has 0 bridgehead atoms. The second-order valence-corrected chi connectivity index (χ2v) is 10.3. The van der Waals surface area contributed by atoms with Gasteiger partial charge in [-0.3, -0.25) is 19.7 Å². The van der Waals surface area contributed by atoms with Gasteiger partial charge in [0.05, 0.1) is 16.2 Å². The average Bonchev–Trinajstić information content (AvgIpc) is 2.81. The summed E-state index contributed by atoms with van der Waals surface area (Å²) in [7, 11) is 0. The number of carbonyl (C=O) groups excluding carboxylic acids is 3. The number of nitro benzene ring substituents is 1. The SMILES string of the molecule is C[C@@]1(Cl)CS[C@@H]2[C@H](NC(=O)Cc3ccccc3)C(=O)N2[C@H]1C(=O)OCc1ccc([N+](=O)[O-])cc1. The van der Waals surface area contributed by atoms with Gasteiger partial charge in [-0.15, -0.1) is 23.4 Å². The van der Waals surface area contributed by atoms with Crippen LogP contribution in [0.3, 0.4) is 0 Å². The maximum absolute atomic E-state index is 13.0. The number of thioether (sulfide) groups is 1. The van der Waals surface area contributed by atoms with Gasteiger partial charge in [0.1, 0.15) is 18.0 Å². The zero-order valence-corrected chi connectivity index (χ0v) is 19.8. The number of carbonyl (C=O) groups is 3. The number of nitrogens with zero attached hydrogens (tertiary/aromatic N) is 2. The number of rotatable bonds is 7. The van der Waals surface area contributed by atoms with Crippen molar-refractivity contribution in [2.45, 2.75) is 42.3 Å².